The fourth-order valence-corrected chi connectivity index (χ4v) is 2.67. The van der Waals surface area contributed by atoms with Crippen molar-refractivity contribution < 1.29 is 29.0 Å². The van der Waals surface area contributed by atoms with Crippen LogP contribution >= 0.6 is 0 Å². The van der Waals surface area contributed by atoms with Crippen molar-refractivity contribution in [1.82, 2.24) is 5.32 Å². The number of carbonyl (C=O) groups is 3. The van der Waals surface area contributed by atoms with Gasteiger partial charge in [0.15, 0.2) is 0 Å². The summed E-state index contributed by atoms with van der Waals surface area (Å²) in [4.78, 5) is 35.5. The lowest BCUT2D eigenvalue weighted by Crippen LogP contribution is -2.45. The number of hydrogen-bond donors (Lipinski definition) is 1. The van der Waals surface area contributed by atoms with E-state index in [0.29, 0.717) is 11.1 Å². The Morgan fingerprint density at radius 2 is 1.53 bits per heavy atom. The molecule has 2 aromatic carbocycles. The van der Waals surface area contributed by atoms with E-state index in [1.807, 2.05) is 30.3 Å². The molecule has 1 amide bonds. The van der Waals surface area contributed by atoms with Crippen LogP contribution < -0.4 is 10.4 Å². The summed E-state index contributed by atoms with van der Waals surface area (Å²) in [6.45, 7) is 5.20. The number of carbonyl (C=O) groups excluding carboxylic acids is 3. The first-order valence-corrected chi connectivity index (χ1v) is 9.60. The van der Waals surface area contributed by atoms with Gasteiger partial charge in [0.1, 0.15) is 18.2 Å². The average Bonchev–Trinajstić information content (AvgIpc) is 2.65. The van der Waals surface area contributed by atoms with Crippen LogP contribution in [0, 0.1) is 0 Å². The molecule has 30 heavy (non-hydrogen) atoms. The fourth-order valence-electron chi connectivity index (χ4n) is 2.67. The van der Waals surface area contributed by atoms with Crippen molar-refractivity contribution in [2.24, 2.45) is 0 Å². The van der Waals surface area contributed by atoms with Crippen molar-refractivity contribution in [3.8, 4) is 0 Å². The third-order valence-corrected chi connectivity index (χ3v) is 4.01. The molecule has 7 heteroatoms. The maximum Gasteiger partial charge on any atom is 0.408 e. The number of esters is 1. The topological polar surface area (TPSA) is 105 Å². The van der Waals surface area contributed by atoms with Gasteiger partial charge in [-0.3, -0.25) is 0 Å². The number of amides is 1. The number of carboxylic acids is 1. The molecule has 0 unspecified atom stereocenters. The van der Waals surface area contributed by atoms with Crippen LogP contribution in [0.3, 0.4) is 0 Å². The first-order chi connectivity index (χ1) is 14.1. The Labute approximate surface area is 176 Å². The lowest BCUT2D eigenvalue weighted by molar-refractivity contribution is -0.304. The van der Waals surface area contributed by atoms with E-state index in [-0.39, 0.29) is 19.4 Å². The normalized spacial score (nSPS) is 12.0. The molecular weight excluding hydrogens is 386 g/mol. The number of rotatable bonds is 8. The molecule has 0 spiro atoms. The first-order valence-electron chi connectivity index (χ1n) is 9.60. The largest absolute Gasteiger partial charge is 0.550 e. The number of ether oxygens (including phenoxy) is 2. The van der Waals surface area contributed by atoms with Crippen LogP contribution in [0.1, 0.15) is 37.5 Å². The Hall–Kier alpha value is -3.35. The minimum Gasteiger partial charge on any atom is -0.550 e. The minimum absolute atomic E-state index is 0.00821. The fraction of sp³-hybridized carbons (Fsp3) is 0.348. The van der Waals surface area contributed by atoms with Crippen LogP contribution in [-0.4, -0.2) is 29.7 Å². The molecule has 0 saturated heterocycles. The predicted octanol–water partition coefficient (Wildman–Crippen LogP) is 2.16. The van der Waals surface area contributed by atoms with E-state index in [9.17, 15) is 19.5 Å². The lowest BCUT2D eigenvalue weighted by atomic mass is 10.1. The summed E-state index contributed by atoms with van der Waals surface area (Å²) in [5.74, 6) is -1.75. The molecule has 2 aromatic rings. The SMILES string of the molecule is CC(C)(C)OC(=O)N[C@H](Cc1ccccc1)C(=O)OCc1ccc(CC(=O)[O-])cc1. The second-order valence-electron chi connectivity index (χ2n) is 7.86. The zero-order valence-corrected chi connectivity index (χ0v) is 17.3. The maximum absolute atomic E-state index is 12.7. The van der Waals surface area contributed by atoms with Gasteiger partial charge in [-0.25, -0.2) is 9.59 Å². The van der Waals surface area contributed by atoms with Crippen molar-refractivity contribution >= 4 is 18.0 Å². The molecule has 0 aromatic heterocycles. The highest BCUT2D eigenvalue weighted by Crippen LogP contribution is 2.11. The Morgan fingerprint density at radius 3 is 2.10 bits per heavy atom. The smallest absolute Gasteiger partial charge is 0.408 e. The molecule has 2 rings (SSSR count). The Morgan fingerprint density at radius 1 is 0.933 bits per heavy atom. The van der Waals surface area contributed by atoms with Crippen molar-refractivity contribution in [2.75, 3.05) is 0 Å². The molecule has 1 atom stereocenters. The van der Waals surface area contributed by atoms with Crippen molar-refractivity contribution in [3.63, 3.8) is 0 Å². The quantitative estimate of drug-likeness (QED) is 0.666. The van der Waals surface area contributed by atoms with Crippen LogP contribution in [-0.2, 0) is 38.5 Å². The molecule has 7 nitrogen and oxygen atoms in total. The van der Waals surface area contributed by atoms with Gasteiger partial charge in [0.05, 0.1) is 0 Å². The molecule has 160 valence electrons. The minimum atomic E-state index is -1.16. The van der Waals surface area contributed by atoms with Gasteiger partial charge in [-0.15, -0.1) is 0 Å². The highest BCUT2D eigenvalue weighted by molar-refractivity contribution is 5.81. The zero-order chi connectivity index (χ0) is 22.1. The Balaban J connectivity index is 2.02. The van der Waals surface area contributed by atoms with Gasteiger partial charge in [0, 0.05) is 18.8 Å². The monoisotopic (exact) mass is 412 g/mol. The molecule has 0 fully saturated rings. The maximum atomic E-state index is 12.7. The molecule has 0 saturated carbocycles. The van der Waals surface area contributed by atoms with E-state index in [1.165, 1.54) is 0 Å². The summed E-state index contributed by atoms with van der Waals surface area (Å²) in [5, 5.41) is 13.2. The van der Waals surface area contributed by atoms with E-state index in [2.05, 4.69) is 5.32 Å². The van der Waals surface area contributed by atoms with Crippen LogP contribution in [0.25, 0.3) is 0 Å². The van der Waals surface area contributed by atoms with Gasteiger partial charge >= 0.3 is 12.1 Å². The van der Waals surface area contributed by atoms with E-state index >= 15 is 0 Å². The van der Waals surface area contributed by atoms with Gasteiger partial charge < -0.3 is 24.7 Å². The van der Waals surface area contributed by atoms with Crippen LogP contribution in [0.4, 0.5) is 4.79 Å². The van der Waals surface area contributed by atoms with Crippen LogP contribution in [0.5, 0.6) is 0 Å². The highest BCUT2D eigenvalue weighted by Gasteiger charge is 2.26. The van der Waals surface area contributed by atoms with Gasteiger partial charge in [-0.05, 0) is 37.5 Å². The van der Waals surface area contributed by atoms with Gasteiger partial charge in [-0.1, -0.05) is 54.6 Å². The first kappa shape index (κ1) is 22.9. The molecule has 0 bridgehead atoms. The Kier molecular flexibility index (Phi) is 7.98. The molecule has 1 N–H and O–H groups in total. The molecule has 0 aliphatic heterocycles. The number of benzene rings is 2. The predicted molar refractivity (Wildman–Crippen MR) is 108 cm³/mol. The second kappa shape index (κ2) is 10.4. The molecule has 0 aliphatic rings. The molecule has 0 heterocycles. The van der Waals surface area contributed by atoms with Crippen molar-refractivity contribution in [1.29, 1.82) is 0 Å². The van der Waals surface area contributed by atoms with E-state index in [0.717, 1.165) is 5.56 Å². The molecule has 0 aliphatic carbocycles. The number of alkyl carbamates (subject to hydrolysis) is 1. The third kappa shape index (κ3) is 8.34. The lowest BCUT2D eigenvalue weighted by Gasteiger charge is -2.23. The standard InChI is InChI=1S/C23H27NO6/c1-23(2,3)30-22(28)24-19(13-16-7-5-4-6-8-16)21(27)29-15-18-11-9-17(10-12-18)14-20(25)26/h4-12,19H,13-15H2,1-3H3,(H,24,28)(H,25,26)/p-1/t19-/m1/s1. The van der Waals surface area contributed by atoms with Gasteiger partial charge in [0.2, 0.25) is 0 Å². The number of carboxylic acid groups (broad SMARTS) is 1. The van der Waals surface area contributed by atoms with Gasteiger partial charge in [0.25, 0.3) is 0 Å². The van der Waals surface area contributed by atoms with E-state index in [4.69, 9.17) is 9.47 Å². The van der Waals surface area contributed by atoms with E-state index < -0.39 is 29.7 Å². The second-order valence-corrected chi connectivity index (χ2v) is 7.86. The number of aliphatic carboxylic acids is 1. The van der Waals surface area contributed by atoms with Crippen LogP contribution in [0.2, 0.25) is 0 Å². The number of hydrogen-bond acceptors (Lipinski definition) is 6. The summed E-state index contributed by atoms with van der Waals surface area (Å²) in [7, 11) is 0. The highest BCUT2D eigenvalue weighted by atomic mass is 16.6. The summed E-state index contributed by atoms with van der Waals surface area (Å²) in [6, 6.07) is 15.0. The number of nitrogens with one attached hydrogen (secondary N) is 1. The van der Waals surface area contributed by atoms with Gasteiger partial charge in [-0.2, -0.15) is 0 Å². The summed E-state index contributed by atoms with van der Waals surface area (Å²) < 4.78 is 10.6. The van der Waals surface area contributed by atoms with Crippen LogP contribution in [0.15, 0.2) is 54.6 Å². The third-order valence-electron chi connectivity index (χ3n) is 4.01. The summed E-state index contributed by atoms with van der Waals surface area (Å²) in [6.07, 6.45) is -0.630. The molecular formula is C23H26NO6-. The average molecular weight is 412 g/mol. The summed E-state index contributed by atoms with van der Waals surface area (Å²) >= 11 is 0. The zero-order valence-electron chi connectivity index (χ0n) is 17.3. The van der Waals surface area contributed by atoms with Crippen molar-refractivity contribution in [3.05, 3.63) is 71.3 Å². The summed E-state index contributed by atoms with van der Waals surface area (Å²) in [5.41, 5.74) is 1.46. The van der Waals surface area contributed by atoms with E-state index in [1.54, 1.807) is 45.0 Å². The Bertz CT molecular complexity index is 856. The van der Waals surface area contributed by atoms with Crippen molar-refractivity contribution in [2.45, 2.75) is 51.9 Å². The molecule has 0 radical (unpaired) electrons.